The van der Waals surface area contributed by atoms with E-state index in [-0.39, 0.29) is 5.56 Å². The number of H-pyrrole nitrogens is 1. The van der Waals surface area contributed by atoms with Crippen molar-refractivity contribution < 1.29 is 4.74 Å². The maximum absolute atomic E-state index is 11.8. The molecule has 0 aliphatic carbocycles. The van der Waals surface area contributed by atoms with E-state index in [9.17, 15) is 4.79 Å². The van der Waals surface area contributed by atoms with Gasteiger partial charge in [0.1, 0.15) is 11.8 Å². The molecule has 0 saturated carbocycles. The highest BCUT2D eigenvalue weighted by Gasteiger charge is 2.10. The number of ether oxygens (including phenoxy) is 1. The lowest BCUT2D eigenvalue weighted by Crippen LogP contribution is -2.13. The summed E-state index contributed by atoms with van der Waals surface area (Å²) in [5.74, 6) is 0.322. The zero-order chi connectivity index (χ0) is 13.0. The van der Waals surface area contributed by atoms with E-state index in [2.05, 4.69) is 4.98 Å². The molecule has 18 heavy (non-hydrogen) atoms. The molecular formula is C14H12N2O2. The standard InChI is InChI=1S/C14H12N2O2/c1-2-18-13-8-12(10-6-4-3-5-7-10)16-14(17)11(13)9-15/h3-8H,2H2,1H3,(H,16,17). The SMILES string of the molecule is CCOc1cc(-c2ccccc2)[nH]c(=O)c1C#N. The van der Waals surface area contributed by atoms with Crippen LogP contribution in [0.2, 0.25) is 0 Å². The van der Waals surface area contributed by atoms with Gasteiger partial charge in [-0.25, -0.2) is 0 Å². The minimum atomic E-state index is -0.428. The van der Waals surface area contributed by atoms with Crippen LogP contribution in [0, 0.1) is 11.3 Å². The minimum Gasteiger partial charge on any atom is -0.492 e. The number of pyridine rings is 1. The summed E-state index contributed by atoms with van der Waals surface area (Å²) in [7, 11) is 0. The van der Waals surface area contributed by atoms with E-state index in [0.29, 0.717) is 18.1 Å². The number of hydrogen-bond donors (Lipinski definition) is 1. The number of hydrogen-bond acceptors (Lipinski definition) is 3. The molecule has 1 aromatic heterocycles. The third kappa shape index (κ3) is 2.25. The summed E-state index contributed by atoms with van der Waals surface area (Å²) in [6.45, 7) is 2.22. The maximum atomic E-state index is 11.8. The van der Waals surface area contributed by atoms with E-state index >= 15 is 0 Å². The van der Waals surface area contributed by atoms with Crippen LogP contribution in [0.25, 0.3) is 11.3 Å². The van der Waals surface area contributed by atoms with Crippen molar-refractivity contribution in [3.05, 3.63) is 52.3 Å². The lowest BCUT2D eigenvalue weighted by atomic mass is 10.1. The van der Waals surface area contributed by atoms with Crippen molar-refractivity contribution in [2.24, 2.45) is 0 Å². The van der Waals surface area contributed by atoms with Crippen molar-refractivity contribution in [3.63, 3.8) is 0 Å². The Kier molecular flexibility index (Phi) is 3.44. The highest BCUT2D eigenvalue weighted by Crippen LogP contribution is 2.22. The second-order valence-corrected chi connectivity index (χ2v) is 3.66. The van der Waals surface area contributed by atoms with Gasteiger partial charge < -0.3 is 9.72 Å². The molecule has 0 radical (unpaired) electrons. The number of rotatable bonds is 3. The molecule has 0 amide bonds. The molecule has 4 nitrogen and oxygen atoms in total. The minimum absolute atomic E-state index is 0.0107. The second kappa shape index (κ2) is 5.19. The number of aromatic nitrogens is 1. The van der Waals surface area contributed by atoms with Crippen molar-refractivity contribution in [2.75, 3.05) is 6.61 Å². The molecule has 90 valence electrons. The quantitative estimate of drug-likeness (QED) is 0.895. The summed E-state index contributed by atoms with van der Waals surface area (Å²) >= 11 is 0. The van der Waals surface area contributed by atoms with E-state index in [4.69, 9.17) is 10.00 Å². The van der Waals surface area contributed by atoms with Crippen LogP contribution in [0.4, 0.5) is 0 Å². The van der Waals surface area contributed by atoms with E-state index in [1.807, 2.05) is 43.3 Å². The largest absolute Gasteiger partial charge is 0.492 e. The van der Waals surface area contributed by atoms with Gasteiger partial charge in [-0.1, -0.05) is 30.3 Å². The first-order valence-electron chi connectivity index (χ1n) is 5.62. The fourth-order valence-electron chi connectivity index (χ4n) is 1.68. The van der Waals surface area contributed by atoms with Crippen LogP contribution in [0.15, 0.2) is 41.2 Å². The molecule has 0 aliphatic rings. The lowest BCUT2D eigenvalue weighted by Gasteiger charge is -2.07. The van der Waals surface area contributed by atoms with Crippen molar-refractivity contribution in [1.29, 1.82) is 5.26 Å². The molecule has 0 spiro atoms. The molecule has 0 saturated heterocycles. The summed E-state index contributed by atoms with van der Waals surface area (Å²) in [5, 5.41) is 8.94. The first-order valence-corrected chi connectivity index (χ1v) is 5.62. The normalized spacial score (nSPS) is 9.78. The first-order chi connectivity index (χ1) is 8.76. The van der Waals surface area contributed by atoms with E-state index in [1.165, 1.54) is 0 Å². The Morgan fingerprint density at radius 1 is 1.33 bits per heavy atom. The van der Waals surface area contributed by atoms with Crippen LogP contribution in [-0.2, 0) is 0 Å². The topological polar surface area (TPSA) is 65.9 Å². The Labute approximate surface area is 104 Å². The summed E-state index contributed by atoms with van der Waals surface area (Å²) in [6.07, 6.45) is 0. The van der Waals surface area contributed by atoms with Crippen LogP contribution in [0.5, 0.6) is 5.75 Å². The lowest BCUT2D eigenvalue weighted by molar-refractivity contribution is 0.338. The molecule has 1 aromatic carbocycles. The number of nitrogens with zero attached hydrogens (tertiary/aromatic N) is 1. The van der Waals surface area contributed by atoms with Gasteiger partial charge in [0.05, 0.1) is 12.3 Å². The predicted octanol–water partition coefficient (Wildman–Crippen LogP) is 2.31. The van der Waals surface area contributed by atoms with Crippen molar-refractivity contribution in [3.8, 4) is 23.1 Å². The molecule has 1 N–H and O–H groups in total. The summed E-state index contributed by atoms with van der Waals surface area (Å²) in [5.41, 5.74) is 1.10. The van der Waals surface area contributed by atoms with Crippen molar-refractivity contribution in [2.45, 2.75) is 6.92 Å². The van der Waals surface area contributed by atoms with Gasteiger partial charge in [0.2, 0.25) is 0 Å². The maximum Gasteiger partial charge on any atom is 0.270 e. The van der Waals surface area contributed by atoms with Crippen LogP contribution < -0.4 is 10.3 Å². The van der Waals surface area contributed by atoms with E-state index in [1.54, 1.807) is 6.07 Å². The Morgan fingerprint density at radius 2 is 2.06 bits per heavy atom. The molecule has 0 fully saturated rings. The highest BCUT2D eigenvalue weighted by atomic mass is 16.5. The zero-order valence-electron chi connectivity index (χ0n) is 9.93. The third-order valence-electron chi connectivity index (χ3n) is 2.49. The number of aromatic amines is 1. The highest BCUT2D eigenvalue weighted by molar-refractivity contribution is 5.62. The van der Waals surface area contributed by atoms with Gasteiger partial charge in [0, 0.05) is 6.07 Å². The van der Waals surface area contributed by atoms with E-state index < -0.39 is 5.56 Å². The monoisotopic (exact) mass is 240 g/mol. The van der Waals surface area contributed by atoms with Gasteiger partial charge in [-0.3, -0.25) is 4.79 Å². The molecule has 0 bridgehead atoms. The van der Waals surface area contributed by atoms with Crippen LogP contribution in [-0.4, -0.2) is 11.6 Å². The van der Waals surface area contributed by atoms with Crippen LogP contribution >= 0.6 is 0 Å². The second-order valence-electron chi connectivity index (χ2n) is 3.66. The van der Waals surface area contributed by atoms with Crippen LogP contribution in [0.1, 0.15) is 12.5 Å². The number of benzene rings is 1. The molecule has 4 heteroatoms. The summed E-state index contributed by atoms with van der Waals surface area (Å²) in [6, 6.07) is 13.0. The molecule has 2 aromatic rings. The van der Waals surface area contributed by atoms with Gasteiger partial charge >= 0.3 is 0 Å². The number of nitriles is 1. The van der Waals surface area contributed by atoms with Crippen molar-refractivity contribution in [1.82, 2.24) is 4.98 Å². The molecule has 2 rings (SSSR count). The summed E-state index contributed by atoms with van der Waals surface area (Å²) in [4.78, 5) is 14.5. The van der Waals surface area contributed by atoms with Gasteiger partial charge in [-0.05, 0) is 12.5 Å². The van der Waals surface area contributed by atoms with E-state index in [0.717, 1.165) is 5.56 Å². The Hall–Kier alpha value is -2.54. The predicted molar refractivity (Wildman–Crippen MR) is 68.4 cm³/mol. The van der Waals surface area contributed by atoms with Gasteiger partial charge in [0.15, 0.2) is 5.56 Å². The molecule has 0 atom stereocenters. The fourth-order valence-corrected chi connectivity index (χ4v) is 1.68. The average Bonchev–Trinajstić information content (AvgIpc) is 2.40. The Morgan fingerprint density at radius 3 is 2.67 bits per heavy atom. The zero-order valence-corrected chi connectivity index (χ0v) is 9.93. The molecular weight excluding hydrogens is 228 g/mol. The summed E-state index contributed by atoms with van der Waals surface area (Å²) < 4.78 is 5.33. The van der Waals surface area contributed by atoms with Gasteiger partial charge in [0.25, 0.3) is 5.56 Å². The first kappa shape index (κ1) is 11.9. The fraction of sp³-hybridized carbons (Fsp3) is 0.143. The van der Waals surface area contributed by atoms with Gasteiger partial charge in [-0.2, -0.15) is 5.26 Å². The molecule has 0 unspecified atom stereocenters. The smallest absolute Gasteiger partial charge is 0.270 e. The number of nitrogens with one attached hydrogen (secondary N) is 1. The van der Waals surface area contributed by atoms with Crippen LogP contribution in [0.3, 0.4) is 0 Å². The third-order valence-corrected chi connectivity index (χ3v) is 2.49. The molecule has 0 aliphatic heterocycles. The Balaban J connectivity index is 2.59. The molecule has 1 heterocycles. The van der Waals surface area contributed by atoms with Gasteiger partial charge in [-0.15, -0.1) is 0 Å². The Bertz CT molecular complexity index is 639. The average molecular weight is 240 g/mol. The van der Waals surface area contributed by atoms with Crippen molar-refractivity contribution >= 4 is 0 Å².